The van der Waals surface area contributed by atoms with Gasteiger partial charge >= 0.3 is 23.9 Å². The Bertz CT molecular complexity index is 2140. The van der Waals surface area contributed by atoms with Crippen LogP contribution in [0, 0.1) is 23.7 Å². The van der Waals surface area contributed by atoms with Crippen molar-refractivity contribution in [1.29, 1.82) is 0 Å². The largest absolute Gasteiger partial charge is 0.481 e. The number of rotatable bonds is 19. The highest BCUT2D eigenvalue weighted by atomic mass is 16.7. The van der Waals surface area contributed by atoms with E-state index in [4.69, 9.17) is 52.5 Å². The van der Waals surface area contributed by atoms with E-state index in [-0.39, 0.29) is 50.0 Å². The SMILES string of the molecule is O=C(O)CC(=O)OCC1OC(OC2CC(O)CC3OC(C4CCC(O)C(O)C4)C(OC4OC(COC(=O)C=CC5CCC(OC6OC(COC(=O)C=CC7CCC(O)CC7)C(O)C(O)C6O)CC5)C(O)C(O)C4O)CC23)C(O)C(O)C1O. The summed E-state index contributed by atoms with van der Waals surface area (Å²) in [7, 11) is 0. The molecule has 0 aromatic heterocycles. The molecule has 8 fully saturated rings. The number of esters is 3. The van der Waals surface area contributed by atoms with Crippen molar-refractivity contribution in [3.63, 3.8) is 0 Å². The van der Waals surface area contributed by atoms with Gasteiger partial charge in [-0.25, -0.2) is 9.59 Å². The normalized spacial score (nSPS) is 45.7. The number of ether oxygens (including phenoxy) is 10. The first-order chi connectivity index (χ1) is 39.0. The van der Waals surface area contributed by atoms with Gasteiger partial charge in [-0.1, -0.05) is 12.2 Å². The van der Waals surface area contributed by atoms with Gasteiger partial charge in [-0.2, -0.15) is 0 Å². The molecule has 4 aliphatic carbocycles. The van der Waals surface area contributed by atoms with Crippen molar-refractivity contribution >= 4 is 23.9 Å². The maximum Gasteiger partial charge on any atom is 0.330 e. The first kappa shape index (κ1) is 64.6. The highest BCUT2D eigenvalue weighted by molar-refractivity contribution is 5.90. The molecule has 0 radical (unpaired) electrons. The average molecular weight is 1180 g/mol. The summed E-state index contributed by atoms with van der Waals surface area (Å²) in [6.07, 6.45) is -22.3. The maximum atomic E-state index is 13.1. The molecule has 8 rings (SSSR count). The molecule has 28 nitrogen and oxygen atoms in total. The Morgan fingerprint density at radius 3 is 1.41 bits per heavy atom. The fourth-order valence-electron chi connectivity index (χ4n) is 12.5. The number of aliphatic hydroxyl groups excluding tert-OH is 13. The Hall–Kier alpha value is -3.44. The van der Waals surface area contributed by atoms with Gasteiger partial charge in [-0.3, -0.25) is 9.59 Å². The maximum absolute atomic E-state index is 13.1. The lowest BCUT2D eigenvalue weighted by atomic mass is 9.72. The minimum Gasteiger partial charge on any atom is -0.481 e. The van der Waals surface area contributed by atoms with Gasteiger partial charge < -0.3 is 119 Å². The number of fused-ring (bicyclic) bond motifs is 1. The number of allylic oxidation sites excluding steroid dienone is 2. The number of carboxylic acids is 1. The summed E-state index contributed by atoms with van der Waals surface area (Å²) < 4.78 is 58.5. The standard InChI is InChI=1S/C54H82O28/c55-26-8-1-23(2-9-26)5-13-39(61)73-20-35-42(64)45(67)48(70)52(80-35)76-28-10-3-24(4-11-28)6-14-40(62)74-21-36-43(65)47(69)50(72)54(82-36)79-34-18-29-32(77-51(34)25-7-12-30(57)31(58)15-25)16-27(56)17-33(29)78-53-49(71)46(68)44(66)37(81-53)22-75-41(63)19-38(59)60/h5-6,13-14,23-37,42-58,64-72H,1-4,7-12,15-22H2,(H,59,60). The molecule has 4 saturated carbocycles. The second kappa shape index (κ2) is 29.3. The highest BCUT2D eigenvalue weighted by Crippen LogP contribution is 2.45. The number of carbonyl (C=O) groups is 4. The third-order valence-corrected chi connectivity index (χ3v) is 17.4. The van der Waals surface area contributed by atoms with E-state index in [2.05, 4.69) is 0 Å². The summed E-state index contributed by atoms with van der Waals surface area (Å²) in [4.78, 5) is 48.5. The molecule has 0 aromatic rings. The Morgan fingerprint density at radius 1 is 0.439 bits per heavy atom. The van der Waals surface area contributed by atoms with Gasteiger partial charge in [0.05, 0.1) is 54.9 Å². The fourth-order valence-corrected chi connectivity index (χ4v) is 12.5. The summed E-state index contributed by atoms with van der Waals surface area (Å²) in [6.45, 7) is -1.75. The third kappa shape index (κ3) is 16.5. The van der Waals surface area contributed by atoms with E-state index in [9.17, 15) is 85.6 Å². The summed E-state index contributed by atoms with van der Waals surface area (Å²) >= 11 is 0. The smallest absolute Gasteiger partial charge is 0.330 e. The highest BCUT2D eigenvalue weighted by Gasteiger charge is 2.55. The Kier molecular flexibility index (Phi) is 23.1. The number of hydrogen-bond acceptors (Lipinski definition) is 27. The summed E-state index contributed by atoms with van der Waals surface area (Å²) in [5.41, 5.74) is 0. The lowest BCUT2D eigenvalue weighted by molar-refractivity contribution is -0.344. The molecule has 4 aliphatic heterocycles. The van der Waals surface area contributed by atoms with Crippen molar-refractivity contribution in [3.05, 3.63) is 24.3 Å². The van der Waals surface area contributed by atoms with Crippen molar-refractivity contribution in [1.82, 2.24) is 0 Å². The zero-order valence-electron chi connectivity index (χ0n) is 45.2. The van der Waals surface area contributed by atoms with Crippen LogP contribution in [0.3, 0.4) is 0 Å². The van der Waals surface area contributed by atoms with E-state index in [0.717, 1.165) is 12.8 Å². The zero-order valence-corrected chi connectivity index (χ0v) is 45.2. The van der Waals surface area contributed by atoms with Gasteiger partial charge in [-0.15, -0.1) is 0 Å². The van der Waals surface area contributed by atoms with Crippen LogP contribution in [0.15, 0.2) is 24.3 Å². The van der Waals surface area contributed by atoms with Gasteiger partial charge in [-0.05, 0) is 101 Å². The predicted octanol–water partition coefficient (Wildman–Crippen LogP) is -4.03. The molecule has 24 atom stereocenters. The topological polar surface area (TPSA) is 444 Å². The minimum atomic E-state index is -1.89. The third-order valence-electron chi connectivity index (χ3n) is 17.4. The van der Waals surface area contributed by atoms with Crippen molar-refractivity contribution in [2.24, 2.45) is 23.7 Å². The van der Waals surface area contributed by atoms with Gasteiger partial charge in [0.25, 0.3) is 0 Å². The first-order valence-electron chi connectivity index (χ1n) is 28.5. The van der Waals surface area contributed by atoms with Crippen LogP contribution in [-0.4, -0.2) is 262 Å². The molecule has 8 aliphatic rings. The summed E-state index contributed by atoms with van der Waals surface area (Å²) in [5.74, 6) is -5.31. The Morgan fingerprint density at radius 2 is 0.915 bits per heavy atom. The van der Waals surface area contributed by atoms with Crippen LogP contribution in [0.25, 0.3) is 0 Å². The lowest BCUT2D eigenvalue weighted by Crippen LogP contribution is -2.63. The van der Waals surface area contributed by atoms with Crippen molar-refractivity contribution < 1.29 is 138 Å². The molecule has 0 amide bonds. The van der Waals surface area contributed by atoms with Crippen molar-refractivity contribution in [2.45, 2.75) is 243 Å². The predicted molar refractivity (Wildman–Crippen MR) is 269 cm³/mol. The number of carboxylic acid groups (broad SMARTS) is 1. The quantitative estimate of drug-likeness (QED) is 0.0253. The van der Waals surface area contributed by atoms with Crippen LogP contribution in [0.2, 0.25) is 0 Å². The van der Waals surface area contributed by atoms with E-state index in [1.165, 1.54) is 12.2 Å². The molecule has 14 N–H and O–H groups in total. The summed E-state index contributed by atoms with van der Waals surface area (Å²) in [5, 5.41) is 148. The fraction of sp³-hybridized carbons (Fsp3) is 0.852. The number of aliphatic hydroxyl groups is 13. The van der Waals surface area contributed by atoms with Gasteiger partial charge in [0.1, 0.15) is 99.5 Å². The second-order valence-corrected chi connectivity index (χ2v) is 23.2. The van der Waals surface area contributed by atoms with E-state index in [0.29, 0.717) is 44.9 Å². The Balaban J connectivity index is 0.841. The van der Waals surface area contributed by atoms with Crippen LogP contribution >= 0.6 is 0 Å². The molecule has 0 aromatic carbocycles. The van der Waals surface area contributed by atoms with E-state index < -0.39 is 203 Å². The number of hydrogen-bond donors (Lipinski definition) is 14. The number of aliphatic carboxylic acids is 1. The Labute approximate surface area is 472 Å². The van der Waals surface area contributed by atoms with E-state index in [1.807, 2.05) is 0 Å². The van der Waals surface area contributed by atoms with Crippen LogP contribution in [-0.2, 0) is 66.5 Å². The van der Waals surface area contributed by atoms with Crippen LogP contribution in [0.1, 0.15) is 96.3 Å². The molecule has 4 heterocycles. The zero-order chi connectivity index (χ0) is 59.1. The molecule has 0 spiro atoms. The average Bonchev–Trinajstić information content (AvgIpc) is 3.64. The van der Waals surface area contributed by atoms with Gasteiger partial charge in [0.15, 0.2) is 18.9 Å². The van der Waals surface area contributed by atoms with Crippen LogP contribution in [0.4, 0.5) is 0 Å². The molecule has 4 saturated heterocycles. The molecule has 0 bridgehead atoms. The molecular weight excluding hydrogens is 1100 g/mol. The monoisotopic (exact) mass is 1180 g/mol. The second-order valence-electron chi connectivity index (χ2n) is 23.2. The first-order valence-corrected chi connectivity index (χ1v) is 28.5. The van der Waals surface area contributed by atoms with Crippen LogP contribution < -0.4 is 0 Å². The van der Waals surface area contributed by atoms with Crippen molar-refractivity contribution in [2.75, 3.05) is 19.8 Å². The lowest BCUT2D eigenvalue weighted by Gasteiger charge is -2.52. The van der Waals surface area contributed by atoms with Crippen LogP contribution in [0.5, 0.6) is 0 Å². The molecule has 82 heavy (non-hydrogen) atoms. The van der Waals surface area contributed by atoms with Gasteiger partial charge in [0, 0.05) is 24.5 Å². The van der Waals surface area contributed by atoms with E-state index in [1.54, 1.807) is 12.2 Å². The van der Waals surface area contributed by atoms with Crippen molar-refractivity contribution in [3.8, 4) is 0 Å². The van der Waals surface area contributed by atoms with E-state index >= 15 is 0 Å². The molecular formula is C54H82O28. The number of carbonyl (C=O) groups excluding carboxylic acids is 3. The van der Waals surface area contributed by atoms with Gasteiger partial charge in [0.2, 0.25) is 0 Å². The molecule has 466 valence electrons. The summed E-state index contributed by atoms with van der Waals surface area (Å²) in [6, 6.07) is 0. The molecule has 24 unspecified atom stereocenters. The molecule has 28 heteroatoms. The minimum absolute atomic E-state index is 0.0196.